The van der Waals surface area contributed by atoms with Crippen molar-refractivity contribution in [3.05, 3.63) is 70.2 Å². The number of hydrogen-bond donors (Lipinski definition) is 2. The fraction of sp³-hybridized carbons (Fsp3) is 0.105. The Kier molecular flexibility index (Phi) is 3.58. The number of phenolic OH excluding ortho intramolecular Hbond substituents is 1. The molecule has 1 aliphatic heterocycles. The Balaban J connectivity index is 1.83. The smallest absolute Gasteiger partial charge is 0.225 e. The summed E-state index contributed by atoms with van der Waals surface area (Å²) in [6.45, 7) is 0. The van der Waals surface area contributed by atoms with Crippen LogP contribution in [0.5, 0.6) is 5.75 Å². The minimum atomic E-state index is -0.306. The number of amides is 1. The van der Waals surface area contributed by atoms with Gasteiger partial charge in [-0.2, -0.15) is 0 Å². The summed E-state index contributed by atoms with van der Waals surface area (Å²) < 4.78 is 14.1. The Labute approximate surface area is 142 Å². The molecular formula is C19H14FNO2S. The molecule has 0 saturated carbocycles. The van der Waals surface area contributed by atoms with Gasteiger partial charge in [0.15, 0.2) is 0 Å². The van der Waals surface area contributed by atoms with E-state index in [4.69, 9.17) is 0 Å². The number of rotatable bonds is 2. The van der Waals surface area contributed by atoms with Crippen molar-refractivity contribution in [2.45, 2.75) is 12.3 Å². The van der Waals surface area contributed by atoms with Crippen LogP contribution in [-0.4, -0.2) is 11.0 Å². The first-order valence-electron chi connectivity index (χ1n) is 7.58. The third kappa shape index (κ3) is 2.47. The number of fused-ring (bicyclic) bond motifs is 1. The van der Waals surface area contributed by atoms with Crippen molar-refractivity contribution >= 4 is 22.9 Å². The number of benzene rings is 2. The van der Waals surface area contributed by atoms with Gasteiger partial charge in [0.1, 0.15) is 11.6 Å². The maximum absolute atomic E-state index is 14.1. The van der Waals surface area contributed by atoms with Crippen molar-refractivity contribution in [2.75, 3.05) is 5.32 Å². The quantitative estimate of drug-likeness (QED) is 0.709. The first kappa shape index (κ1) is 14.9. The molecular weight excluding hydrogens is 325 g/mol. The van der Waals surface area contributed by atoms with E-state index < -0.39 is 0 Å². The van der Waals surface area contributed by atoms with Crippen LogP contribution < -0.4 is 5.32 Å². The molecule has 1 unspecified atom stereocenters. The molecule has 5 heteroatoms. The first-order valence-corrected chi connectivity index (χ1v) is 8.46. The summed E-state index contributed by atoms with van der Waals surface area (Å²) in [5.41, 5.74) is 2.86. The van der Waals surface area contributed by atoms with Gasteiger partial charge in [-0.3, -0.25) is 4.79 Å². The van der Waals surface area contributed by atoms with Crippen molar-refractivity contribution in [1.82, 2.24) is 0 Å². The van der Waals surface area contributed by atoms with E-state index >= 15 is 0 Å². The van der Waals surface area contributed by atoms with E-state index in [0.717, 1.165) is 10.4 Å². The lowest BCUT2D eigenvalue weighted by Gasteiger charge is -2.24. The Bertz CT molecular complexity index is 917. The summed E-state index contributed by atoms with van der Waals surface area (Å²) in [4.78, 5) is 13.2. The van der Waals surface area contributed by atoms with E-state index in [9.17, 15) is 14.3 Å². The van der Waals surface area contributed by atoms with E-state index in [1.807, 2.05) is 17.5 Å². The van der Waals surface area contributed by atoms with Crippen molar-refractivity contribution in [3.63, 3.8) is 0 Å². The summed E-state index contributed by atoms with van der Waals surface area (Å²) in [6.07, 6.45) is 0.342. The van der Waals surface area contributed by atoms with Gasteiger partial charge in [0.05, 0.1) is 5.69 Å². The topological polar surface area (TPSA) is 49.3 Å². The maximum Gasteiger partial charge on any atom is 0.225 e. The molecule has 0 aliphatic carbocycles. The van der Waals surface area contributed by atoms with Gasteiger partial charge < -0.3 is 10.4 Å². The molecule has 2 heterocycles. The van der Waals surface area contributed by atoms with Gasteiger partial charge in [-0.1, -0.05) is 30.3 Å². The standard InChI is InChI=1S/C19H14FNO2S/c20-16-4-2-1-3-13(16)15-10-24-19-14(9-17(23)21-18(15)19)11-5-7-12(22)8-6-11/h1-8,10,14,22H,9H2,(H,21,23). The van der Waals surface area contributed by atoms with E-state index in [-0.39, 0.29) is 23.4 Å². The molecule has 1 atom stereocenters. The highest BCUT2D eigenvalue weighted by Crippen LogP contribution is 2.47. The Morgan fingerprint density at radius 1 is 1.08 bits per heavy atom. The number of thiophene rings is 1. The number of aromatic hydroxyl groups is 1. The Hall–Kier alpha value is -2.66. The molecule has 0 spiro atoms. The molecule has 2 N–H and O–H groups in total. The molecule has 0 saturated heterocycles. The number of phenols is 1. The second-order valence-electron chi connectivity index (χ2n) is 5.76. The molecule has 24 heavy (non-hydrogen) atoms. The van der Waals surface area contributed by atoms with Crippen LogP contribution in [0.1, 0.15) is 22.8 Å². The van der Waals surface area contributed by atoms with Gasteiger partial charge >= 0.3 is 0 Å². The van der Waals surface area contributed by atoms with Crippen LogP contribution in [0, 0.1) is 5.82 Å². The minimum absolute atomic E-state index is 0.0835. The molecule has 1 aliphatic rings. The average molecular weight is 339 g/mol. The fourth-order valence-electron chi connectivity index (χ4n) is 3.08. The van der Waals surface area contributed by atoms with E-state index in [2.05, 4.69) is 5.32 Å². The number of carbonyl (C=O) groups is 1. The number of halogens is 1. The van der Waals surface area contributed by atoms with Gasteiger partial charge in [0.25, 0.3) is 0 Å². The van der Waals surface area contributed by atoms with Crippen molar-refractivity contribution in [1.29, 1.82) is 0 Å². The second-order valence-corrected chi connectivity index (χ2v) is 6.68. The number of hydrogen-bond acceptors (Lipinski definition) is 3. The summed E-state index contributed by atoms with van der Waals surface area (Å²) >= 11 is 1.52. The van der Waals surface area contributed by atoms with Crippen molar-refractivity contribution in [3.8, 4) is 16.9 Å². The van der Waals surface area contributed by atoms with Crippen molar-refractivity contribution < 1.29 is 14.3 Å². The minimum Gasteiger partial charge on any atom is -0.508 e. The molecule has 120 valence electrons. The monoisotopic (exact) mass is 339 g/mol. The van der Waals surface area contributed by atoms with Gasteiger partial charge in [0.2, 0.25) is 5.91 Å². The molecule has 3 aromatic rings. The van der Waals surface area contributed by atoms with Crippen molar-refractivity contribution in [2.24, 2.45) is 0 Å². The first-order chi connectivity index (χ1) is 11.6. The Morgan fingerprint density at radius 2 is 1.83 bits per heavy atom. The lowest BCUT2D eigenvalue weighted by Crippen LogP contribution is -2.22. The van der Waals surface area contributed by atoms with Crippen LogP contribution >= 0.6 is 11.3 Å². The molecule has 0 radical (unpaired) electrons. The highest BCUT2D eigenvalue weighted by Gasteiger charge is 2.30. The van der Waals surface area contributed by atoms with Gasteiger partial charge in [-0.05, 0) is 23.8 Å². The number of nitrogens with one attached hydrogen (secondary N) is 1. The predicted molar refractivity (Wildman–Crippen MR) is 92.9 cm³/mol. The number of carbonyl (C=O) groups excluding carboxylic acids is 1. The van der Waals surface area contributed by atoms with Gasteiger partial charge in [0, 0.05) is 33.7 Å². The zero-order valence-corrected chi connectivity index (χ0v) is 13.4. The second kappa shape index (κ2) is 5.76. The van der Waals surface area contributed by atoms with E-state index in [1.165, 1.54) is 17.4 Å². The van der Waals surface area contributed by atoms with Crippen LogP contribution in [0.3, 0.4) is 0 Å². The van der Waals surface area contributed by atoms with E-state index in [0.29, 0.717) is 23.2 Å². The molecule has 2 aromatic carbocycles. The lowest BCUT2D eigenvalue weighted by molar-refractivity contribution is -0.116. The molecule has 0 bridgehead atoms. The normalized spacial score (nSPS) is 16.5. The third-order valence-electron chi connectivity index (χ3n) is 4.25. The largest absolute Gasteiger partial charge is 0.508 e. The molecule has 1 aromatic heterocycles. The highest BCUT2D eigenvalue weighted by molar-refractivity contribution is 7.11. The fourth-order valence-corrected chi connectivity index (χ4v) is 4.23. The SMILES string of the molecule is O=C1CC(c2ccc(O)cc2)c2scc(-c3ccccc3F)c2N1. The average Bonchev–Trinajstić information content (AvgIpc) is 2.99. The van der Waals surface area contributed by atoms with Crippen LogP contribution in [0.2, 0.25) is 0 Å². The maximum atomic E-state index is 14.1. The third-order valence-corrected chi connectivity index (χ3v) is 5.35. The zero-order chi connectivity index (χ0) is 16.7. The predicted octanol–water partition coefficient (Wildman–Crippen LogP) is 4.73. The molecule has 3 nitrogen and oxygen atoms in total. The molecule has 4 rings (SSSR count). The summed E-state index contributed by atoms with van der Waals surface area (Å²) in [7, 11) is 0. The summed E-state index contributed by atoms with van der Waals surface area (Å²) in [5, 5.41) is 14.3. The van der Waals surface area contributed by atoms with E-state index in [1.54, 1.807) is 30.3 Å². The van der Waals surface area contributed by atoms with Crippen LogP contribution in [0.4, 0.5) is 10.1 Å². The molecule has 1 amide bonds. The molecule has 0 fully saturated rings. The van der Waals surface area contributed by atoms with Crippen LogP contribution in [-0.2, 0) is 4.79 Å². The van der Waals surface area contributed by atoms with Gasteiger partial charge in [-0.25, -0.2) is 4.39 Å². The zero-order valence-electron chi connectivity index (χ0n) is 12.6. The lowest BCUT2D eigenvalue weighted by atomic mass is 9.89. The van der Waals surface area contributed by atoms with Crippen LogP contribution in [0.25, 0.3) is 11.1 Å². The van der Waals surface area contributed by atoms with Crippen LogP contribution in [0.15, 0.2) is 53.9 Å². The van der Waals surface area contributed by atoms with Gasteiger partial charge in [-0.15, -0.1) is 11.3 Å². The number of anilines is 1. The summed E-state index contributed by atoms with van der Waals surface area (Å²) in [5.74, 6) is -0.284. The Morgan fingerprint density at radius 3 is 2.58 bits per heavy atom. The summed E-state index contributed by atoms with van der Waals surface area (Å²) in [6, 6.07) is 13.4. The highest BCUT2D eigenvalue weighted by atomic mass is 32.1.